The number of aryl methyl sites for hydroxylation is 1. The summed E-state index contributed by atoms with van der Waals surface area (Å²) in [6, 6.07) is 18.2. The van der Waals surface area contributed by atoms with E-state index in [1.807, 2.05) is 36.4 Å². The minimum Gasteiger partial charge on any atom is -0.484 e. The van der Waals surface area contributed by atoms with Crippen LogP contribution >= 0.6 is 0 Å². The molecule has 1 aromatic heterocycles. The molecular formula is C24H23N3O4. The normalized spacial score (nSPS) is 12.6. The van der Waals surface area contributed by atoms with Crippen LogP contribution in [0.25, 0.3) is 0 Å². The number of hydrogen-bond acceptors (Lipinski definition) is 4. The summed E-state index contributed by atoms with van der Waals surface area (Å²) >= 11 is 0. The topological polar surface area (TPSA) is 89.4 Å². The Morgan fingerprint density at radius 2 is 1.81 bits per heavy atom. The summed E-state index contributed by atoms with van der Waals surface area (Å²) in [5.74, 6) is 0.402. The third-order valence-corrected chi connectivity index (χ3v) is 5.11. The van der Waals surface area contributed by atoms with Crippen LogP contribution in [0.1, 0.15) is 23.1 Å². The summed E-state index contributed by atoms with van der Waals surface area (Å²) in [5, 5.41) is 5.66. The van der Waals surface area contributed by atoms with Gasteiger partial charge in [0.2, 0.25) is 5.91 Å². The number of pyridine rings is 1. The minimum atomic E-state index is -0.217. The van der Waals surface area contributed by atoms with E-state index in [9.17, 15) is 14.4 Å². The summed E-state index contributed by atoms with van der Waals surface area (Å²) in [4.78, 5) is 35.4. The van der Waals surface area contributed by atoms with Crippen LogP contribution in [0.3, 0.4) is 0 Å². The van der Waals surface area contributed by atoms with Gasteiger partial charge in [-0.15, -0.1) is 0 Å². The van der Waals surface area contributed by atoms with Crippen LogP contribution in [-0.2, 0) is 29.1 Å². The first kappa shape index (κ1) is 20.4. The van der Waals surface area contributed by atoms with Gasteiger partial charge in [-0.05, 0) is 47.4 Å². The number of nitrogens with zero attached hydrogens (tertiary/aromatic N) is 1. The number of hydrogen-bond donors (Lipinski definition) is 2. The van der Waals surface area contributed by atoms with Crippen molar-refractivity contribution in [1.29, 1.82) is 0 Å². The van der Waals surface area contributed by atoms with Crippen LogP contribution in [0, 0.1) is 0 Å². The Balaban J connectivity index is 1.25. The fourth-order valence-corrected chi connectivity index (χ4v) is 3.40. The molecule has 0 bridgehead atoms. The highest BCUT2D eigenvalue weighted by Crippen LogP contribution is 2.26. The third-order valence-electron chi connectivity index (χ3n) is 5.11. The Labute approximate surface area is 179 Å². The van der Waals surface area contributed by atoms with Crippen molar-refractivity contribution < 1.29 is 14.3 Å². The van der Waals surface area contributed by atoms with Crippen LogP contribution in [-0.4, -0.2) is 23.0 Å². The second-order valence-electron chi connectivity index (χ2n) is 7.42. The van der Waals surface area contributed by atoms with Crippen molar-refractivity contribution in [3.63, 3.8) is 0 Å². The van der Waals surface area contributed by atoms with Gasteiger partial charge in [0, 0.05) is 30.9 Å². The van der Waals surface area contributed by atoms with Crippen LogP contribution in [0.4, 0.5) is 5.69 Å². The van der Waals surface area contributed by atoms with Gasteiger partial charge in [0.25, 0.3) is 11.5 Å². The number of rotatable bonds is 7. The van der Waals surface area contributed by atoms with E-state index in [1.165, 1.54) is 6.07 Å². The van der Waals surface area contributed by atoms with Crippen molar-refractivity contribution in [2.45, 2.75) is 25.9 Å². The maximum atomic E-state index is 12.1. The molecule has 2 amide bonds. The summed E-state index contributed by atoms with van der Waals surface area (Å²) in [6.45, 7) is 0.814. The Morgan fingerprint density at radius 3 is 2.61 bits per heavy atom. The molecule has 2 heterocycles. The monoisotopic (exact) mass is 417 g/mol. The second kappa shape index (κ2) is 9.30. The van der Waals surface area contributed by atoms with Gasteiger partial charge in [-0.1, -0.05) is 30.3 Å². The summed E-state index contributed by atoms with van der Waals surface area (Å²) < 4.78 is 7.23. The maximum absolute atomic E-state index is 12.1. The van der Waals surface area contributed by atoms with Gasteiger partial charge in [0.15, 0.2) is 6.61 Å². The summed E-state index contributed by atoms with van der Waals surface area (Å²) in [5.41, 5.74) is 3.74. The van der Waals surface area contributed by atoms with Gasteiger partial charge >= 0.3 is 0 Å². The van der Waals surface area contributed by atoms with Gasteiger partial charge in [0.05, 0.1) is 6.54 Å². The Kier molecular flexibility index (Phi) is 6.12. The van der Waals surface area contributed by atoms with E-state index < -0.39 is 0 Å². The molecule has 0 spiro atoms. The number of amides is 2. The molecule has 31 heavy (non-hydrogen) atoms. The fraction of sp³-hybridized carbons (Fsp3) is 0.208. The van der Waals surface area contributed by atoms with Gasteiger partial charge in [-0.25, -0.2) is 0 Å². The van der Waals surface area contributed by atoms with Crippen molar-refractivity contribution in [2.75, 3.05) is 11.9 Å². The van der Waals surface area contributed by atoms with E-state index in [4.69, 9.17) is 4.74 Å². The van der Waals surface area contributed by atoms with E-state index in [-0.39, 0.29) is 24.0 Å². The molecular weight excluding hydrogens is 394 g/mol. The zero-order chi connectivity index (χ0) is 21.6. The average Bonchev–Trinajstić information content (AvgIpc) is 2.78. The molecule has 0 unspecified atom stereocenters. The predicted molar refractivity (Wildman–Crippen MR) is 117 cm³/mol. The molecule has 7 nitrogen and oxygen atoms in total. The summed E-state index contributed by atoms with van der Waals surface area (Å²) in [6.07, 6.45) is 2.88. The maximum Gasteiger partial charge on any atom is 0.258 e. The number of carbonyl (C=O) groups excluding carboxylic acids is 2. The average molecular weight is 417 g/mol. The summed E-state index contributed by atoms with van der Waals surface area (Å²) in [7, 11) is 0. The molecule has 2 N–H and O–H groups in total. The molecule has 0 aliphatic carbocycles. The second-order valence-corrected chi connectivity index (χ2v) is 7.42. The Bertz CT molecular complexity index is 1150. The largest absolute Gasteiger partial charge is 0.484 e. The molecule has 4 rings (SSSR count). The highest BCUT2D eigenvalue weighted by molar-refractivity contribution is 5.94. The minimum absolute atomic E-state index is 0.0163. The van der Waals surface area contributed by atoms with Crippen LogP contribution in [0.2, 0.25) is 0 Å². The Morgan fingerprint density at radius 1 is 1.00 bits per heavy atom. The molecule has 0 atom stereocenters. The van der Waals surface area contributed by atoms with Crippen molar-refractivity contribution in [2.24, 2.45) is 0 Å². The van der Waals surface area contributed by atoms with Crippen LogP contribution < -0.4 is 20.9 Å². The van der Waals surface area contributed by atoms with Gasteiger partial charge in [-0.2, -0.15) is 0 Å². The van der Waals surface area contributed by atoms with Gasteiger partial charge in [0.1, 0.15) is 5.75 Å². The first-order valence-electron chi connectivity index (χ1n) is 10.1. The van der Waals surface area contributed by atoms with Crippen molar-refractivity contribution in [3.8, 4) is 5.75 Å². The number of nitrogens with one attached hydrogen (secondary N) is 2. The quantitative estimate of drug-likeness (QED) is 0.618. The lowest BCUT2D eigenvalue weighted by molar-refractivity contribution is -0.123. The van der Waals surface area contributed by atoms with E-state index in [1.54, 1.807) is 29.0 Å². The van der Waals surface area contributed by atoms with E-state index in [0.717, 1.165) is 22.4 Å². The first-order valence-corrected chi connectivity index (χ1v) is 10.1. The molecule has 1 aliphatic rings. The molecule has 0 saturated carbocycles. The molecule has 2 aromatic carbocycles. The zero-order valence-electron chi connectivity index (χ0n) is 17.0. The van der Waals surface area contributed by atoms with Gasteiger partial charge < -0.3 is 19.9 Å². The molecule has 7 heteroatoms. The Hall–Kier alpha value is -3.87. The lowest BCUT2D eigenvalue weighted by atomic mass is 10.0. The lowest BCUT2D eigenvalue weighted by Crippen LogP contribution is -2.28. The van der Waals surface area contributed by atoms with Crippen molar-refractivity contribution >= 4 is 17.5 Å². The zero-order valence-corrected chi connectivity index (χ0v) is 17.0. The third kappa shape index (κ3) is 5.39. The van der Waals surface area contributed by atoms with Crippen molar-refractivity contribution in [3.05, 3.63) is 93.9 Å². The molecule has 3 aromatic rings. The number of anilines is 1. The van der Waals surface area contributed by atoms with Crippen LogP contribution in [0.5, 0.6) is 5.75 Å². The van der Waals surface area contributed by atoms with E-state index in [2.05, 4.69) is 10.6 Å². The van der Waals surface area contributed by atoms with Crippen molar-refractivity contribution in [1.82, 2.24) is 9.88 Å². The highest BCUT2D eigenvalue weighted by atomic mass is 16.5. The molecule has 1 aliphatic heterocycles. The predicted octanol–water partition coefficient (Wildman–Crippen LogP) is 2.48. The standard InChI is InChI=1S/C24H23N3O4/c28-22-11-8-19-13-20(9-10-21(19)26-22)31-16-23(29)25-14-17-4-6-18(7-5-17)15-27-12-2-1-3-24(27)30/h1-7,9-10,12-13H,8,11,14-16H2,(H,25,29)(H,26,28). The van der Waals surface area contributed by atoms with E-state index in [0.29, 0.717) is 31.7 Å². The number of fused-ring (bicyclic) bond motifs is 1. The number of ether oxygens (including phenoxy) is 1. The SMILES string of the molecule is O=C(COc1ccc2c(c1)CCC(=O)N2)NCc1ccc(Cn2ccccc2=O)cc1. The highest BCUT2D eigenvalue weighted by Gasteiger charge is 2.15. The molecule has 158 valence electrons. The molecule has 0 radical (unpaired) electrons. The first-order chi connectivity index (χ1) is 15.1. The molecule has 0 saturated heterocycles. The number of carbonyl (C=O) groups is 2. The van der Waals surface area contributed by atoms with E-state index >= 15 is 0 Å². The number of benzene rings is 2. The lowest BCUT2D eigenvalue weighted by Gasteiger charge is -2.17. The van der Waals surface area contributed by atoms with Gasteiger partial charge in [-0.3, -0.25) is 14.4 Å². The smallest absolute Gasteiger partial charge is 0.258 e. The van der Waals surface area contributed by atoms with Crippen LogP contribution in [0.15, 0.2) is 71.7 Å². The number of aromatic nitrogens is 1. The fourth-order valence-electron chi connectivity index (χ4n) is 3.40. The molecule has 0 fully saturated rings.